The van der Waals surface area contributed by atoms with Gasteiger partial charge in [0.1, 0.15) is 11.2 Å². The van der Waals surface area contributed by atoms with Gasteiger partial charge in [0.05, 0.1) is 5.52 Å². The molecule has 0 amide bonds. The fourth-order valence-electron chi connectivity index (χ4n) is 11.7. The van der Waals surface area contributed by atoms with Crippen molar-refractivity contribution in [2.24, 2.45) is 0 Å². The number of furan rings is 1. The fraction of sp³-hybridized carbons (Fsp3) is 0.172. The first-order valence-corrected chi connectivity index (χ1v) is 22.2. The van der Waals surface area contributed by atoms with Crippen molar-refractivity contribution in [3.05, 3.63) is 173 Å². The van der Waals surface area contributed by atoms with E-state index in [0.29, 0.717) is 0 Å². The molecule has 0 bridgehead atoms. The number of fused-ring (bicyclic) bond motifs is 14. The van der Waals surface area contributed by atoms with Crippen molar-refractivity contribution < 1.29 is 4.42 Å². The number of hydrogen-bond donors (Lipinski definition) is 1. The maximum Gasteiger partial charge on any atom is 0.198 e. The minimum absolute atomic E-state index is 0.0769. The quantitative estimate of drug-likeness (QED) is 0.180. The third-order valence-corrected chi connectivity index (χ3v) is 15.0. The summed E-state index contributed by atoms with van der Waals surface area (Å²) in [4.78, 5) is 0. The Labute approximate surface area is 363 Å². The highest BCUT2D eigenvalue weighted by atomic mass is 16.3. The Balaban J connectivity index is 1.11. The Hall–Kier alpha value is -6.78. The van der Waals surface area contributed by atoms with Crippen LogP contribution >= 0.6 is 0 Å². The zero-order valence-corrected chi connectivity index (χ0v) is 36.4. The molecule has 0 fully saturated rings. The average Bonchev–Trinajstić information content (AvgIpc) is 3.93. The second kappa shape index (κ2) is 12.0. The van der Waals surface area contributed by atoms with Gasteiger partial charge >= 0.3 is 0 Å². The summed E-state index contributed by atoms with van der Waals surface area (Å²) in [6, 6.07) is 55.0. The first-order chi connectivity index (χ1) is 29.9. The van der Waals surface area contributed by atoms with Gasteiger partial charge in [0.2, 0.25) is 0 Å². The summed E-state index contributed by atoms with van der Waals surface area (Å²) < 4.78 is 9.17. The van der Waals surface area contributed by atoms with E-state index in [4.69, 9.17) is 4.42 Å². The van der Waals surface area contributed by atoms with Crippen molar-refractivity contribution in [1.29, 1.82) is 0 Å². The lowest BCUT2D eigenvalue weighted by atomic mass is 9.59. The van der Waals surface area contributed by atoms with Crippen LogP contribution in [0, 0.1) is 0 Å². The van der Waals surface area contributed by atoms with E-state index in [-0.39, 0.29) is 16.2 Å². The van der Waals surface area contributed by atoms with Gasteiger partial charge in [-0.1, -0.05) is 151 Å². The van der Waals surface area contributed by atoms with Crippen LogP contribution in [0.4, 0.5) is 11.4 Å². The molecule has 0 spiro atoms. The molecule has 0 unspecified atom stereocenters. The third kappa shape index (κ3) is 4.73. The summed E-state index contributed by atoms with van der Waals surface area (Å²) in [6.45, 7) is 16.4. The molecular formula is C58H47BN2O. The van der Waals surface area contributed by atoms with Gasteiger partial charge in [-0.15, -0.1) is 0 Å². The number of nitrogens with one attached hydrogen (secondary N) is 1. The molecule has 3 aliphatic rings. The van der Waals surface area contributed by atoms with Crippen molar-refractivity contribution in [3.8, 4) is 39.1 Å². The van der Waals surface area contributed by atoms with E-state index in [1.165, 1.54) is 105 Å². The molecule has 1 N–H and O–H groups in total. The van der Waals surface area contributed by atoms with Crippen LogP contribution in [0.1, 0.15) is 76.3 Å². The first kappa shape index (κ1) is 35.9. The Bertz CT molecular complexity index is 3610. The normalized spacial score (nSPS) is 15.1. The van der Waals surface area contributed by atoms with Gasteiger partial charge in [-0.25, -0.2) is 0 Å². The number of aromatic nitrogens is 1. The largest absolute Gasteiger partial charge is 0.456 e. The molecule has 0 atom stereocenters. The molecule has 0 saturated heterocycles. The predicted octanol–water partition coefficient (Wildman–Crippen LogP) is 13.7. The highest BCUT2D eigenvalue weighted by Crippen LogP contribution is 2.54. The van der Waals surface area contributed by atoms with Crippen LogP contribution in [0.5, 0.6) is 0 Å². The Morgan fingerprint density at radius 1 is 0.516 bits per heavy atom. The van der Waals surface area contributed by atoms with Crippen LogP contribution in [0.3, 0.4) is 0 Å². The number of anilines is 2. The van der Waals surface area contributed by atoms with Gasteiger partial charge in [0.25, 0.3) is 0 Å². The van der Waals surface area contributed by atoms with Gasteiger partial charge in [0.15, 0.2) is 7.28 Å². The number of nitrogens with zero attached hydrogens (tertiary/aromatic N) is 1. The molecule has 0 saturated carbocycles. The number of para-hydroxylation sites is 1. The highest BCUT2D eigenvalue weighted by molar-refractivity contribution is 6.73. The van der Waals surface area contributed by atoms with Gasteiger partial charge < -0.3 is 14.3 Å². The molecule has 13 rings (SSSR count). The average molecular weight is 799 g/mol. The lowest BCUT2D eigenvalue weighted by Gasteiger charge is -2.26. The standard InChI is InChI=1S/C58H47BN2O/c1-56(2,3)32-20-22-33(23-21-32)60-49-30-47-39(34-14-8-11-17-44(34)58(47,6)7)26-41(49)37-24-25-38-42-27-46-40(35-15-9-12-18-45(35)57(46,4)5)29-50(42)61-51-31-53-43(28-48(51)59-54(37)55(38)61)36-16-10-13-19-52(36)62-53/h8-31,59-60H,1-7H3. The molecule has 4 heteroatoms. The van der Waals surface area contributed by atoms with E-state index >= 15 is 0 Å². The highest BCUT2D eigenvalue weighted by Gasteiger charge is 2.39. The van der Waals surface area contributed by atoms with Crippen molar-refractivity contribution >= 4 is 73.3 Å². The van der Waals surface area contributed by atoms with Crippen LogP contribution in [-0.4, -0.2) is 11.8 Å². The van der Waals surface area contributed by atoms with Gasteiger partial charge in [-0.05, 0) is 109 Å². The molecule has 0 radical (unpaired) electrons. The van der Waals surface area contributed by atoms with Crippen LogP contribution in [0.15, 0.2) is 150 Å². The van der Waals surface area contributed by atoms with E-state index in [1.54, 1.807) is 0 Å². The van der Waals surface area contributed by atoms with E-state index in [1.807, 2.05) is 0 Å². The lowest BCUT2D eigenvalue weighted by Crippen LogP contribution is -2.37. The molecule has 3 heterocycles. The Morgan fingerprint density at radius 3 is 1.90 bits per heavy atom. The molecule has 8 aromatic carbocycles. The molecule has 62 heavy (non-hydrogen) atoms. The summed E-state index contributed by atoms with van der Waals surface area (Å²) >= 11 is 0. The van der Waals surface area contributed by atoms with E-state index in [0.717, 1.165) is 35.2 Å². The fourth-order valence-corrected chi connectivity index (χ4v) is 11.7. The predicted molar refractivity (Wildman–Crippen MR) is 263 cm³/mol. The second-order valence-electron chi connectivity index (χ2n) is 20.2. The van der Waals surface area contributed by atoms with Gasteiger partial charge in [0, 0.05) is 66.6 Å². The number of hydrogen-bond acceptors (Lipinski definition) is 2. The molecule has 298 valence electrons. The molecule has 2 aromatic heterocycles. The zero-order chi connectivity index (χ0) is 42.0. The lowest BCUT2D eigenvalue weighted by molar-refractivity contribution is 0.590. The van der Waals surface area contributed by atoms with Crippen molar-refractivity contribution in [2.45, 2.75) is 64.7 Å². The minimum Gasteiger partial charge on any atom is -0.456 e. The van der Waals surface area contributed by atoms with Crippen molar-refractivity contribution in [1.82, 2.24) is 4.57 Å². The van der Waals surface area contributed by atoms with Crippen molar-refractivity contribution in [3.63, 3.8) is 0 Å². The summed E-state index contributed by atoms with van der Waals surface area (Å²) in [5.41, 5.74) is 25.0. The third-order valence-electron chi connectivity index (χ3n) is 15.0. The Kier molecular flexibility index (Phi) is 6.94. The summed E-state index contributed by atoms with van der Waals surface area (Å²) in [5.74, 6) is 0. The van der Waals surface area contributed by atoms with E-state index in [9.17, 15) is 0 Å². The molecule has 2 aliphatic carbocycles. The van der Waals surface area contributed by atoms with Crippen LogP contribution in [0.2, 0.25) is 0 Å². The molecule has 1 aliphatic heterocycles. The second-order valence-corrected chi connectivity index (χ2v) is 20.2. The summed E-state index contributed by atoms with van der Waals surface area (Å²) in [7, 11) is 0.806. The van der Waals surface area contributed by atoms with Crippen LogP contribution in [-0.2, 0) is 16.2 Å². The zero-order valence-electron chi connectivity index (χ0n) is 36.4. The summed E-state index contributed by atoms with van der Waals surface area (Å²) in [6.07, 6.45) is 0. The van der Waals surface area contributed by atoms with Gasteiger partial charge in [-0.2, -0.15) is 0 Å². The minimum atomic E-state index is -0.133. The number of benzene rings is 8. The maximum atomic E-state index is 6.60. The monoisotopic (exact) mass is 798 g/mol. The van der Waals surface area contributed by atoms with Crippen molar-refractivity contribution in [2.75, 3.05) is 5.32 Å². The maximum absolute atomic E-state index is 6.60. The summed E-state index contributed by atoms with van der Waals surface area (Å²) in [5, 5.41) is 8.91. The SMILES string of the molecule is CC(C)(C)c1ccc(Nc2cc3c(cc2-c2ccc4c5cc6c(cc5n5c4c2Bc2cc4c(cc2-5)oc2ccccc24)-c2ccccc2C6(C)C)-c2ccccc2C3(C)C)cc1. The van der Waals surface area contributed by atoms with Gasteiger partial charge in [-0.3, -0.25) is 0 Å². The van der Waals surface area contributed by atoms with Crippen LogP contribution < -0.4 is 16.2 Å². The smallest absolute Gasteiger partial charge is 0.198 e. The number of rotatable bonds is 3. The van der Waals surface area contributed by atoms with E-state index in [2.05, 4.69) is 204 Å². The topological polar surface area (TPSA) is 30.1 Å². The van der Waals surface area contributed by atoms with Crippen LogP contribution in [0.25, 0.3) is 82.8 Å². The molecule has 10 aromatic rings. The van der Waals surface area contributed by atoms with E-state index < -0.39 is 0 Å². The first-order valence-electron chi connectivity index (χ1n) is 22.2. The molecule has 3 nitrogen and oxygen atoms in total. The Morgan fingerprint density at radius 2 is 1.18 bits per heavy atom. The molecular weight excluding hydrogens is 751 g/mol.